The molecule has 0 radical (unpaired) electrons. The van der Waals surface area contributed by atoms with Crippen molar-refractivity contribution in [1.29, 1.82) is 5.26 Å². The van der Waals surface area contributed by atoms with Crippen LogP contribution in [0.25, 0.3) is 0 Å². The molecule has 0 saturated heterocycles. The maximum absolute atomic E-state index is 12.8. The summed E-state index contributed by atoms with van der Waals surface area (Å²) in [6.45, 7) is 1.54. The second-order valence-electron chi connectivity index (χ2n) is 6.05. The summed E-state index contributed by atoms with van der Waals surface area (Å²) in [7, 11) is 4.39. The van der Waals surface area contributed by atoms with Gasteiger partial charge in [-0.1, -0.05) is 0 Å². The number of fused-ring (bicyclic) bond motifs is 1. The van der Waals surface area contributed by atoms with Crippen molar-refractivity contribution in [1.82, 2.24) is 4.73 Å². The molecule has 0 aliphatic carbocycles. The van der Waals surface area contributed by atoms with Gasteiger partial charge in [-0.2, -0.15) is 9.99 Å². The van der Waals surface area contributed by atoms with E-state index in [1.54, 1.807) is 12.1 Å². The van der Waals surface area contributed by atoms with Crippen LogP contribution < -0.4 is 30.2 Å². The van der Waals surface area contributed by atoms with Crippen molar-refractivity contribution < 1.29 is 24.2 Å². The van der Waals surface area contributed by atoms with E-state index >= 15 is 0 Å². The molecule has 1 aliphatic heterocycles. The first-order valence-electron chi connectivity index (χ1n) is 8.21. The minimum Gasteiger partial charge on any atom is -0.496 e. The van der Waals surface area contributed by atoms with Crippen LogP contribution in [0.2, 0.25) is 0 Å². The lowest BCUT2D eigenvalue weighted by atomic mass is 9.83. The lowest BCUT2D eigenvalue weighted by Gasteiger charge is -2.27. The summed E-state index contributed by atoms with van der Waals surface area (Å²) in [5.41, 5.74) is 6.00. The van der Waals surface area contributed by atoms with Gasteiger partial charge in [0.15, 0.2) is 11.5 Å². The second kappa shape index (κ2) is 7.08. The fourth-order valence-corrected chi connectivity index (χ4v) is 3.23. The SMILES string of the molecule is COc1cc(OC)c([C@H]2C(C#N)=C(N)Oc3cc(C)n(O)c(=O)c32)cc1OC. The molecule has 0 amide bonds. The molecular weight excluding hydrogens is 366 g/mol. The third kappa shape index (κ3) is 2.75. The van der Waals surface area contributed by atoms with Crippen molar-refractivity contribution in [2.45, 2.75) is 12.8 Å². The maximum atomic E-state index is 12.8. The van der Waals surface area contributed by atoms with Crippen LogP contribution in [0.15, 0.2) is 34.4 Å². The number of ether oxygens (including phenoxy) is 4. The van der Waals surface area contributed by atoms with Gasteiger partial charge in [0.05, 0.1) is 38.5 Å². The van der Waals surface area contributed by atoms with Crippen LogP contribution in [-0.4, -0.2) is 31.3 Å². The van der Waals surface area contributed by atoms with Crippen LogP contribution in [0.1, 0.15) is 22.7 Å². The van der Waals surface area contributed by atoms with Gasteiger partial charge in [-0.05, 0) is 13.0 Å². The lowest BCUT2D eigenvalue weighted by Crippen LogP contribution is -2.32. The first-order valence-corrected chi connectivity index (χ1v) is 8.21. The summed E-state index contributed by atoms with van der Waals surface area (Å²) < 4.78 is 22.1. The van der Waals surface area contributed by atoms with Crippen LogP contribution in [0.5, 0.6) is 23.0 Å². The molecule has 2 heterocycles. The van der Waals surface area contributed by atoms with Gasteiger partial charge in [0.2, 0.25) is 5.88 Å². The fourth-order valence-electron chi connectivity index (χ4n) is 3.23. The Hall–Kier alpha value is -3.80. The van der Waals surface area contributed by atoms with Gasteiger partial charge in [0.25, 0.3) is 5.56 Å². The highest BCUT2D eigenvalue weighted by Gasteiger charge is 2.36. The number of nitrogens with two attached hydrogens (primary N) is 1. The quantitative estimate of drug-likeness (QED) is 0.760. The van der Waals surface area contributed by atoms with E-state index in [-0.39, 0.29) is 28.5 Å². The number of allylic oxidation sites excluding steroid dienone is 1. The number of rotatable bonds is 4. The second-order valence-corrected chi connectivity index (χ2v) is 6.05. The number of aryl methyl sites for hydroxylation is 1. The highest BCUT2D eigenvalue weighted by Crippen LogP contribution is 2.46. The molecule has 146 valence electrons. The Morgan fingerprint density at radius 2 is 1.75 bits per heavy atom. The molecule has 3 rings (SSSR count). The summed E-state index contributed by atoms with van der Waals surface area (Å²) in [4.78, 5) is 12.8. The Labute approximate surface area is 160 Å². The normalized spacial score (nSPS) is 15.3. The maximum Gasteiger partial charge on any atom is 0.291 e. The minimum absolute atomic E-state index is 0.0129. The molecule has 0 bridgehead atoms. The molecule has 1 aromatic carbocycles. The molecule has 1 aromatic heterocycles. The van der Waals surface area contributed by atoms with Gasteiger partial charge in [-0.15, -0.1) is 0 Å². The van der Waals surface area contributed by atoms with E-state index in [1.165, 1.54) is 34.3 Å². The molecule has 3 N–H and O–H groups in total. The topological polar surface area (TPSA) is 129 Å². The van der Waals surface area contributed by atoms with Crippen LogP contribution in [0.4, 0.5) is 0 Å². The van der Waals surface area contributed by atoms with E-state index in [1.807, 2.05) is 6.07 Å². The number of methoxy groups -OCH3 is 3. The number of benzene rings is 1. The van der Waals surface area contributed by atoms with E-state index in [4.69, 9.17) is 24.7 Å². The minimum atomic E-state index is -0.935. The highest BCUT2D eigenvalue weighted by molar-refractivity contribution is 5.61. The van der Waals surface area contributed by atoms with Crippen molar-refractivity contribution in [3.8, 4) is 29.1 Å². The molecule has 0 unspecified atom stereocenters. The smallest absolute Gasteiger partial charge is 0.291 e. The molecule has 1 aliphatic rings. The molecule has 28 heavy (non-hydrogen) atoms. The largest absolute Gasteiger partial charge is 0.496 e. The summed E-state index contributed by atoms with van der Waals surface area (Å²) in [5, 5.41) is 19.8. The molecule has 0 saturated carbocycles. The third-order valence-electron chi connectivity index (χ3n) is 4.59. The molecule has 1 atom stereocenters. The Bertz CT molecular complexity index is 1080. The first kappa shape index (κ1) is 19.0. The Morgan fingerprint density at radius 1 is 1.14 bits per heavy atom. The number of hydrogen-bond donors (Lipinski definition) is 2. The third-order valence-corrected chi connectivity index (χ3v) is 4.59. The van der Waals surface area contributed by atoms with Crippen LogP contribution >= 0.6 is 0 Å². The Morgan fingerprint density at radius 3 is 2.32 bits per heavy atom. The molecule has 9 heteroatoms. The Kier molecular flexibility index (Phi) is 4.79. The summed E-state index contributed by atoms with van der Waals surface area (Å²) in [5.74, 6) is 0.223. The zero-order valence-corrected chi connectivity index (χ0v) is 15.8. The molecule has 0 spiro atoms. The predicted octanol–water partition coefficient (Wildman–Crippen LogP) is 1.64. The van der Waals surface area contributed by atoms with Crippen molar-refractivity contribution in [3.63, 3.8) is 0 Å². The number of hydrogen-bond acceptors (Lipinski definition) is 8. The highest BCUT2D eigenvalue weighted by atomic mass is 16.5. The van der Waals surface area contributed by atoms with Crippen LogP contribution in [0, 0.1) is 18.3 Å². The zero-order valence-electron chi connectivity index (χ0n) is 15.8. The zero-order chi connectivity index (χ0) is 20.6. The summed E-state index contributed by atoms with van der Waals surface area (Å²) >= 11 is 0. The number of nitrogens with zero attached hydrogens (tertiary/aromatic N) is 2. The molecule has 2 aromatic rings. The number of pyridine rings is 1. The van der Waals surface area contributed by atoms with Crippen molar-refractivity contribution in [2.75, 3.05) is 21.3 Å². The predicted molar refractivity (Wildman–Crippen MR) is 98.0 cm³/mol. The van der Waals surface area contributed by atoms with E-state index in [9.17, 15) is 15.3 Å². The standard InChI is InChI=1S/C19H19N3O6/c1-9-5-15-17(19(23)22(9)24)16(11(8-20)18(21)28-15)10-6-13(26-3)14(27-4)7-12(10)25-2/h5-7,16,24H,21H2,1-4H3/t16-/m0/s1. The van der Waals surface area contributed by atoms with Crippen LogP contribution in [-0.2, 0) is 0 Å². The molecule has 0 fully saturated rings. The van der Waals surface area contributed by atoms with Gasteiger partial charge in [0.1, 0.15) is 23.1 Å². The average Bonchev–Trinajstić information content (AvgIpc) is 2.70. The van der Waals surface area contributed by atoms with Crippen molar-refractivity contribution in [2.24, 2.45) is 5.73 Å². The van der Waals surface area contributed by atoms with Gasteiger partial charge in [-0.25, -0.2) is 0 Å². The van der Waals surface area contributed by atoms with E-state index in [0.29, 0.717) is 27.5 Å². The fraction of sp³-hybridized carbons (Fsp3) is 0.263. The number of aromatic nitrogens is 1. The van der Waals surface area contributed by atoms with Crippen molar-refractivity contribution in [3.05, 3.63) is 56.8 Å². The summed E-state index contributed by atoms with van der Waals surface area (Å²) in [6, 6.07) is 6.65. The number of nitriles is 1. The summed E-state index contributed by atoms with van der Waals surface area (Å²) in [6.07, 6.45) is 0. The van der Waals surface area contributed by atoms with Crippen molar-refractivity contribution >= 4 is 0 Å². The van der Waals surface area contributed by atoms with E-state index in [2.05, 4.69) is 0 Å². The lowest BCUT2D eigenvalue weighted by molar-refractivity contribution is 0.165. The van der Waals surface area contributed by atoms with E-state index < -0.39 is 11.5 Å². The van der Waals surface area contributed by atoms with Gasteiger partial charge >= 0.3 is 0 Å². The van der Waals surface area contributed by atoms with Gasteiger partial charge in [0, 0.05) is 17.7 Å². The average molecular weight is 385 g/mol. The Balaban J connectivity index is 2.40. The van der Waals surface area contributed by atoms with Gasteiger partial charge in [-0.3, -0.25) is 4.79 Å². The van der Waals surface area contributed by atoms with Crippen LogP contribution in [0.3, 0.4) is 0 Å². The first-order chi connectivity index (χ1) is 13.4. The molecule has 9 nitrogen and oxygen atoms in total. The monoisotopic (exact) mass is 385 g/mol. The van der Waals surface area contributed by atoms with Gasteiger partial charge < -0.3 is 29.9 Å². The van der Waals surface area contributed by atoms with E-state index in [0.717, 1.165) is 0 Å². The molecular formula is C19H19N3O6.